The Balaban J connectivity index is 1.70. The third-order valence-corrected chi connectivity index (χ3v) is 5.35. The zero-order valence-corrected chi connectivity index (χ0v) is 17.2. The summed E-state index contributed by atoms with van der Waals surface area (Å²) < 4.78 is 5.41. The molecule has 0 aliphatic carbocycles. The SMILES string of the molecule is CCCn1c(=O)[nH]c(=O)c2c1nc(Cc1cn3ccccc3n1)n2Cc1ccccc1. The van der Waals surface area contributed by atoms with E-state index in [2.05, 4.69) is 9.97 Å². The Morgan fingerprint density at radius 1 is 0.968 bits per heavy atom. The van der Waals surface area contributed by atoms with Crippen molar-refractivity contribution in [1.29, 1.82) is 0 Å². The predicted octanol–water partition coefficient (Wildman–Crippen LogP) is 2.58. The van der Waals surface area contributed by atoms with Gasteiger partial charge in [-0.1, -0.05) is 43.3 Å². The van der Waals surface area contributed by atoms with Gasteiger partial charge in [-0.2, -0.15) is 0 Å². The molecule has 8 heteroatoms. The summed E-state index contributed by atoms with van der Waals surface area (Å²) in [5, 5.41) is 0. The molecule has 5 rings (SSSR count). The van der Waals surface area contributed by atoms with Crippen LogP contribution >= 0.6 is 0 Å². The fourth-order valence-corrected chi connectivity index (χ4v) is 3.95. The Labute approximate surface area is 177 Å². The van der Waals surface area contributed by atoms with Gasteiger partial charge in [-0.3, -0.25) is 14.3 Å². The highest BCUT2D eigenvalue weighted by molar-refractivity contribution is 5.71. The van der Waals surface area contributed by atoms with Crippen LogP contribution in [0.3, 0.4) is 0 Å². The van der Waals surface area contributed by atoms with Crippen LogP contribution in [-0.4, -0.2) is 28.5 Å². The number of hydrogen-bond donors (Lipinski definition) is 1. The molecule has 1 aromatic carbocycles. The number of aromatic amines is 1. The van der Waals surface area contributed by atoms with Crippen molar-refractivity contribution in [1.82, 2.24) is 28.5 Å². The average Bonchev–Trinajstić information content (AvgIpc) is 3.33. The van der Waals surface area contributed by atoms with E-state index in [9.17, 15) is 9.59 Å². The number of aromatic nitrogens is 6. The molecule has 0 aliphatic heterocycles. The van der Waals surface area contributed by atoms with Crippen LogP contribution in [0.25, 0.3) is 16.8 Å². The Kier molecular flexibility index (Phi) is 4.74. The number of benzene rings is 1. The third-order valence-electron chi connectivity index (χ3n) is 5.35. The van der Waals surface area contributed by atoms with Crippen molar-refractivity contribution in [3.05, 3.63) is 98.8 Å². The molecule has 0 radical (unpaired) electrons. The van der Waals surface area contributed by atoms with Crippen LogP contribution in [0.2, 0.25) is 0 Å². The fourth-order valence-electron chi connectivity index (χ4n) is 3.95. The molecule has 8 nitrogen and oxygen atoms in total. The molecular formula is C23H22N6O2. The van der Waals surface area contributed by atoms with Gasteiger partial charge in [0.1, 0.15) is 11.5 Å². The second kappa shape index (κ2) is 7.71. The van der Waals surface area contributed by atoms with Crippen molar-refractivity contribution >= 4 is 16.8 Å². The van der Waals surface area contributed by atoms with Crippen molar-refractivity contribution in [2.45, 2.75) is 32.9 Å². The maximum atomic E-state index is 12.8. The zero-order valence-electron chi connectivity index (χ0n) is 17.2. The first-order valence-electron chi connectivity index (χ1n) is 10.3. The summed E-state index contributed by atoms with van der Waals surface area (Å²) in [5.41, 5.74) is 2.73. The lowest BCUT2D eigenvalue weighted by Gasteiger charge is -2.09. The number of fused-ring (bicyclic) bond motifs is 2. The largest absolute Gasteiger partial charge is 0.330 e. The summed E-state index contributed by atoms with van der Waals surface area (Å²) in [6, 6.07) is 15.7. The van der Waals surface area contributed by atoms with Crippen LogP contribution in [-0.2, 0) is 19.5 Å². The zero-order chi connectivity index (χ0) is 21.4. The predicted molar refractivity (Wildman–Crippen MR) is 118 cm³/mol. The first-order chi connectivity index (χ1) is 15.1. The van der Waals surface area contributed by atoms with Gasteiger partial charge in [0.25, 0.3) is 5.56 Å². The van der Waals surface area contributed by atoms with Crippen LogP contribution in [0.5, 0.6) is 0 Å². The maximum Gasteiger partial charge on any atom is 0.330 e. The molecule has 0 bridgehead atoms. The average molecular weight is 414 g/mol. The number of hydrogen-bond acceptors (Lipinski definition) is 4. The first kappa shape index (κ1) is 19.0. The molecule has 156 valence electrons. The van der Waals surface area contributed by atoms with Crippen molar-refractivity contribution in [3.8, 4) is 0 Å². The van der Waals surface area contributed by atoms with Gasteiger partial charge >= 0.3 is 5.69 Å². The van der Waals surface area contributed by atoms with Crippen LogP contribution in [0.4, 0.5) is 0 Å². The van der Waals surface area contributed by atoms with E-state index in [0.717, 1.165) is 23.3 Å². The lowest BCUT2D eigenvalue weighted by Crippen LogP contribution is -2.31. The minimum atomic E-state index is -0.428. The lowest BCUT2D eigenvalue weighted by molar-refractivity contribution is 0.652. The van der Waals surface area contributed by atoms with Gasteiger partial charge in [-0.25, -0.2) is 14.8 Å². The Hall–Kier alpha value is -3.94. The molecular weight excluding hydrogens is 392 g/mol. The quantitative estimate of drug-likeness (QED) is 0.462. The molecule has 4 heterocycles. The van der Waals surface area contributed by atoms with Gasteiger partial charge in [0, 0.05) is 31.9 Å². The molecule has 1 N–H and O–H groups in total. The van der Waals surface area contributed by atoms with Gasteiger partial charge < -0.3 is 8.97 Å². The third kappa shape index (κ3) is 3.46. The minimum absolute atomic E-state index is 0.413. The smallest absolute Gasteiger partial charge is 0.317 e. The molecule has 0 saturated heterocycles. The summed E-state index contributed by atoms with van der Waals surface area (Å²) in [6.07, 6.45) is 5.12. The number of nitrogens with one attached hydrogen (secondary N) is 1. The van der Waals surface area contributed by atoms with E-state index in [-0.39, 0.29) is 0 Å². The fraction of sp³-hybridized carbons (Fsp3) is 0.217. The van der Waals surface area contributed by atoms with E-state index in [1.54, 1.807) is 4.57 Å². The van der Waals surface area contributed by atoms with E-state index < -0.39 is 11.2 Å². The van der Waals surface area contributed by atoms with Gasteiger partial charge in [0.15, 0.2) is 11.2 Å². The molecule has 5 aromatic rings. The van der Waals surface area contributed by atoms with Gasteiger partial charge in [0.05, 0.1) is 5.69 Å². The van der Waals surface area contributed by atoms with Gasteiger partial charge in [-0.15, -0.1) is 0 Å². The number of H-pyrrole nitrogens is 1. The molecule has 0 atom stereocenters. The number of nitrogens with zero attached hydrogens (tertiary/aromatic N) is 5. The molecule has 0 aliphatic rings. The van der Waals surface area contributed by atoms with Crippen LogP contribution in [0.15, 0.2) is 70.5 Å². The minimum Gasteiger partial charge on any atom is -0.317 e. The second-order valence-electron chi connectivity index (χ2n) is 7.56. The topological polar surface area (TPSA) is 90.0 Å². The number of aryl methyl sites for hydroxylation is 1. The highest BCUT2D eigenvalue weighted by atomic mass is 16.2. The monoisotopic (exact) mass is 414 g/mol. The highest BCUT2D eigenvalue weighted by Gasteiger charge is 2.19. The van der Waals surface area contributed by atoms with Crippen molar-refractivity contribution < 1.29 is 0 Å². The molecule has 0 saturated carbocycles. The van der Waals surface area contributed by atoms with E-state index in [1.807, 2.05) is 76.8 Å². The van der Waals surface area contributed by atoms with Crippen LogP contribution < -0.4 is 11.2 Å². The molecule has 31 heavy (non-hydrogen) atoms. The lowest BCUT2D eigenvalue weighted by atomic mass is 10.2. The molecule has 0 unspecified atom stereocenters. The summed E-state index contributed by atoms with van der Waals surface area (Å²) in [5.74, 6) is 0.697. The van der Waals surface area contributed by atoms with E-state index >= 15 is 0 Å². The summed E-state index contributed by atoms with van der Waals surface area (Å²) in [4.78, 5) is 37.2. The summed E-state index contributed by atoms with van der Waals surface area (Å²) in [6.45, 7) is 2.96. The molecule has 0 amide bonds. The highest BCUT2D eigenvalue weighted by Crippen LogP contribution is 2.18. The Morgan fingerprint density at radius 3 is 2.55 bits per heavy atom. The summed E-state index contributed by atoms with van der Waals surface area (Å²) >= 11 is 0. The molecule has 0 fully saturated rings. The van der Waals surface area contributed by atoms with Crippen molar-refractivity contribution in [2.24, 2.45) is 0 Å². The van der Waals surface area contributed by atoms with E-state index in [0.29, 0.717) is 36.5 Å². The standard InChI is InChI=1S/C23H22N6O2/c1-2-11-28-21-20(22(30)26-23(28)31)29(14-16-8-4-3-5-9-16)19(25-21)13-17-15-27-12-7-6-10-18(27)24-17/h3-10,12,15H,2,11,13-14H2,1H3,(H,26,30,31). The maximum absolute atomic E-state index is 12.8. The normalized spacial score (nSPS) is 11.5. The van der Waals surface area contributed by atoms with Crippen molar-refractivity contribution in [2.75, 3.05) is 0 Å². The van der Waals surface area contributed by atoms with Crippen LogP contribution in [0, 0.1) is 0 Å². The Morgan fingerprint density at radius 2 is 1.77 bits per heavy atom. The van der Waals surface area contributed by atoms with Crippen molar-refractivity contribution in [3.63, 3.8) is 0 Å². The number of imidazole rings is 2. The Bertz CT molecular complexity index is 1460. The number of pyridine rings is 1. The summed E-state index contributed by atoms with van der Waals surface area (Å²) in [7, 11) is 0. The number of rotatable bonds is 6. The van der Waals surface area contributed by atoms with Gasteiger partial charge in [0.2, 0.25) is 0 Å². The van der Waals surface area contributed by atoms with Crippen LogP contribution in [0.1, 0.15) is 30.4 Å². The van der Waals surface area contributed by atoms with E-state index in [4.69, 9.17) is 4.98 Å². The van der Waals surface area contributed by atoms with Gasteiger partial charge in [-0.05, 0) is 24.1 Å². The first-order valence-corrected chi connectivity index (χ1v) is 10.3. The molecule has 0 spiro atoms. The van der Waals surface area contributed by atoms with E-state index in [1.165, 1.54) is 0 Å². The molecule has 4 aromatic heterocycles. The second-order valence-corrected chi connectivity index (χ2v) is 7.56.